The van der Waals surface area contributed by atoms with E-state index in [1.165, 1.54) is 4.80 Å². The topological polar surface area (TPSA) is 89.3 Å². The van der Waals surface area contributed by atoms with Gasteiger partial charge in [0, 0.05) is 12.6 Å². The lowest BCUT2D eigenvalue weighted by atomic mass is 10.1. The Morgan fingerprint density at radius 2 is 1.82 bits per heavy atom. The minimum atomic E-state index is -0.176. The Morgan fingerprint density at radius 1 is 1.14 bits per heavy atom. The Bertz CT molecular complexity index is 919. The predicted molar refractivity (Wildman–Crippen MR) is 108 cm³/mol. The standard InChI is InChI=1S/C21H26N4O3/c1-14(2)15(3)22-21(27)13-28-20-9-8-16(10-11-26)12-19(20)25-23-17-6-4-5-7-18(17)24-25/h4-9,12,14-15,26H,10-11,13H2,1-3H3,(H,22,27). The molecule has 3 rings (SSSR count). The fourth-order valence-corrected chi connectivity index (χ4v) is 2.70. The number of ether oxygens (including phenoxy) is 1. The van der Waals surface area contributed by atoms with E-state index in [0.29, 0.717) is 23.8 Å². The van der Waals surface area contributed by atoms with E-state index in [4.69, 9.17) is 4.74 Å². The Labute approximate surface area is 164 Å². The van der Waals surface area contributed by atoms with Gasteiger partial charge in [0.15, 0.2) is 6.61 Å². The lowest BCUT2D eigenvalue weighted by Crippen LogP contribution is -2.39. The number of rotatable bonds is 8. The zero-order chi connectivity index (χ0) is 20.1. The number of aromatic nitrogens is 3. The highest BCUT2D eigenvalue weighted by molar-refractivity contribution is 5.78. The molecule has 0 fully saturated rings. The molecule has 0 radical (unpaired) electrons. The normalized spacial score (nSPS) is 12.3. The molecule has 3 aromatic rings. The maximum Gasteiger partial charge on any atom is 0.258 e. The van der Waals surface area contributed by atoms with Crippen LogP contribution >= 0.6 is 0 Å². The second-order valence-electron chi connectivity index (χ2n) is 7.14. The third kappa shape index (κ3) is 4.67. The molecule has 1 atom stereocenters. The maximum absolute atomic E-state index is 12.2. The molecule has 0 saturated heterocycles. The molecule has 0 bridgehead atoms. The van der Waals surface area contributed by atoms with Gasteiger partial charge in [0.25, 0.3) is 5.91 Å². The molecule has 0 aliphatic carbocycles. The number of nitrogens with zero attached hydrogens (tertiary/aromatic N) is 3. The van der Waals surface area contributed by atoms with E-state index in [2.05, 4.69) is 29.4 Å². The Hall–Kier alpha value is -2.93. The van der Waals surface area contributed by atoms with Crippen LogP contribution in [0, 0.1) is 5.92 Å². The van der Waals surface area contributed by atoms with Crippen molar-refractivity contribution in [2.45, 2.75) is 33.2 Å². The van der Waals surface area contributed by atoms with Crippen LogP contribution in [0.5, 0.6) is 5.75 Å². The van der Waals surface area contributed by atoms with Crippen LogP contribution in [-0.4, -0.2) is 45.3 Å². The summed E-state index contributed by atoms with van der Waals surface area (Å²) in [6.45, 7) is 6.03. The molecule has 1 unspecified atom stereocenters. The van der Waals surface area contributed by atoms with Gasteiger partial charge < -0.3 is 15.2 Å². The molecule has 1 aromatic heterocycles. The van der Waals surface area contributed by atoms with Gasteiger partial charge in [-0.1, -0.05) is 32.0 Å². The molecular weight excluding hydrogens is 356 g/mol. The molecule has 7 heteroatoms. The van der Waals surface area contributed by atoms with E-state index < -0.39 is 0 Å². The van der Waals surface area contributed by atoms with Gasteiger partial charge in [0.05, 0.1) is 0 Å². The summed E-state index contributed by atoms with van der Waals surface area (Å²) in [6.07, 6.45) is 0.514. The van der Waals surface area contributed by atoms with Crippen LogP contribution in [0.2, 0.25) is 0 Å². The van der Waals surface area contributed by atoms with Crippen molar-refractivity contribution in [2.24, 2.45) is 5.92 Å². The SMILES string of the molecule is CC(C)C(C)NC(=O)COc1ccc(CCO)cc1-n1nc2ccccc2n1. The monoisotopic (exact) mass is 382 g/mol. The quantitative estimate of drug-likeness (QED) is 0.625. The first-order chi connectivity index (χ1) is 13.5. The maximum atomic E-state index is 12.2. The van der Waals surface area contributed by atoms with Crippen molar-refractivity contribution in [1.82, 2.24) is 20.3 Å². The number of fused-ring (bicyclic) bond motifs is 1. The van der Waals surface area contributed by atoms with Gasteiger partial charge in [0.2, 0.25) is 0 Å². The largest absolute Gasteiger partial charge is 0.481 e. The first-order valence-electron chi connectivity index (χ1n) is 9.46. The molecule has 0 spiro atoms. The molecule has 7 nitrogen and oxygen atoms in total. The summed E-state index contributed by atoms with van der Waals surface area (Å²) in [5, 5.41) is 21.2. The number of benzene rings is 2. The number of hydrogen-bond acceptors (Lipinski definition) is 5. The van der Waals surface area contributed by atoms with Gasteiger partial charge >= 0.3 is 0 Å². The summed E-state index contributed by atoms with van der Waals surface area (Å²) in [5.74, 6) is 0.678. The fraction of sp³-hybridized carbons (Fsp3) is 0.381. The van der Waals surface area contributed by atoms with E-state index in [1.54, 1.807) is 6.07 Å². The summed E-state index contributed by atoms with van der Waals surface area (Å²) in [4.78, 5) is 13.7. The number of carbonyl (C=O) groups is 1. The lowest BCUT2D eigenvalue weighted by molar-refractivity contribution is -0.124. The molecule has 2 N–H and O–H groups in total. The van der Waals surface area contributed by atoms with Crippen molar-refractivity contribution >= 4 is 16.9 Å². The van der Waals surface area contributed by atoms with Crippen LogP contribution in [0.3, 0.4) is 0 Å². The number of carbonyl (C=O) groups excluding carboxylic acids is 1. The van der Waals surface area contributed by atoms with Crippen molar-refractivity contribution in [3.8, 4) is 11.4 Å². The van der Waals surface area contributed by atoms with Gasteiger partial charge in [-0.25, -0.2) is 0 Å². The highest BCUT2D eigenvalue weighted by Crippen LogP contribution is 2.25. The third-order valence-corrected chi connectivity index (χ3v) is 4.67. The number of aliphatic hydroxyl groups excluding tert-OH is 1. The van der Waals surface area contributed by atoms with E-state index in [1.807, 2.05) is 43.3 Å². The second kappa shape index (κ2) is 8.84. The number of aliphatic hydroxyl groups is 1. The minimum absolute atomic E-state index is 0.0453. The zero-order valence-corrected chi connectivity index (χ0v) is 16.4. The van der Waals surface area contributed by atoms with Crippen LogP contribution in [0.15, 0.2) is 42.5 Å². The molecule has 1 amide bonds. The van der Waals surface area contributed by atoms with Crippen LogP contribution in [0.1, 0.15) is 26.3 Å². The molecule has 148 valence electrons. The average molecular weight is 382 g/mol. The van der Waals surface area contributed by atoms with E-state index in [9.17, 15) is 9.90 Å². The van der Waals surface area contributed by atoms with Crippen molar-refractivity contribution in [3.63, 3.8) is 0 Å². The van der Waals surface area contributed by atoms with E-state index >= 15 is 0 Å². The molecule has 1 heterocycles. The Kier molecular flexibility index (Phi) is 6.26. The molecule has 0 saturated carbocycles. The van der Waals surface area contributed by atoms with Gasteiger partial charge in [-0.2, -0.15) is 0 Å². The summed E-state index contributed by atoms with van der Waals surface area (Å²) >= 11 is 0. The summed E-state index contributed by atoms with van der Waals surface area (Å²) in [7, 11) is 0. The first kappa shape index (κ1) is 19.8. The lowest BCUT2D eigenvalue weighted by Gasteiger charge is -2.18. The summed E-state index contributed by atoms with van der Waals surface area (Å²) in [6, 6.07) is 13.2. The van der Waals surface area contributed by atoms with Crippen LogP contribution in [0.4, 0.5) is 0 Å². The first-order valence-corrected chi connectivity index (χ1v) is 9.46. The second-order valence-corrected chi connectivity index (χ2v) is 7.14. The van der Waals surface area contributed by atoms with E-state index in [0.717, 1.165) is 16.6 Å². The zero-order valence-electron chi connectivity index (χ0n) is 16.4. The molecule has 2 aromatic carbocycles. The highest BCUT2D eigenvalue weighted by Gasteiger charge is 2.15. The Balaban J connectivity index is 1.85. The van der Waals surface area contributed by atoms with Crippen molar-refractivity contribution in [3.05, 3.63) is 48.0 Å². The molecule has 28 heavy (non-hydrogen) atoms. The van der Waals surface area contributed by atoms with Gasteiger partial charge in [-0.15, -0.1) is 15.0 Å². The van der Waals surface area contributed by atoms with Crippen molar-refractivity contribution in [1.29, 1.82) is 0 Å². The highest BCUT2D eigenvalue weighted by atomic mass is 16.5. The Morgan fingerprint density at radius 3 is 2.43 bits per heavy atom. The van der Waals surface area contributed by atoms with E-state index in [-0.39, 0.29) is 25.2 Å². The molecular formula is C21H26N4O3. The number of hydrogen-bond donors (Lipinski definition) is 2. The third-order valence-electron chi connectivity index (χ3n) is 4.67. The van der Waals surface area contributed by atoms with Crippen LogP contribution in [0.25, 0.3) is 16.7 Å². The molecule has 0 aliphatic heterocycles. The fourth-order valence-electron chi connectivity index (χ4n) is 2.70. The van der Waals surface area contributed by atoms with Crippen molar-refractivity contribution in [2.75, 3.05) is 13.2 Å². The van der Waals surface area contributed by atoms with Gasteiger partial charge in [-0.3, -0.25) is 4.79 Å². The smallest absolute Gasteiger partial charge is 0.258 e. The van der Waals surface area contributed by atoms with Crippen LogP contribution in [-0.2, 0) is 11.2 Å². The number of amides is 1. The average Bonchev–Trinajstić information content (AvgIpc) is 3.11. The number of nitrogens with one attached hydrogen (secondary N) is 1. The molecule has 0 aliphatic rings. The minimum Gasteiger partial charge on any atom is -0.481 e. The predicted octanol–water partition coefficient (Wildman–Crippen LogP) is 2.49. The van der Waals surface area contributed by atoms with Gasteiger partial charge in [-0.05, 0) is 49.1 Å². The summed E-state index contributed by atoms with van der Waals surface area (Å²) in [5.41, 5.74) is 3.10. The summed E-state index contributed by atoms with van der Waals surface area (Å²) < 4.78 is 5.79. The van der Waals surface area contributed by atoms with Gasteiger partial charge in [0.1, 0.15) is 22.5 Å². The van der Waals surface area contributed by atoms with Crippen LogP contribution < -0.4 is 10.1 Å². The van der Waals surface area contributed by atoms with Crippen molar-refractivity contribution < 1.29 is 14.6 Å².